The number of thioether (sulfide) groups is 1. The monoisotopic (exact) mass is 311 g/mol. The maximum absolute atomic E-state index is 9.72. The van der Waals surface area contributed by atoms with Gasteiger partial charge in [0.15, 0.2) is 0 Å². The van der Waals surface area contributed by atoms with Gasteiger partial charge in [0.2, 0.25) is 0 Å². The van der Waals surface area contributed by atoms with Gasteiger partial charge in [-0.1, -0.05) is 24.4 Å². The summed E-state index contributed by atoms with van der Waals surface area (Å²) >= 11 is 8.06. The van der Waals surface area contributed by atoms with Crippen LogP contribution in [0, 0.1) is 5.41 Å². The van der Waals surface area contributed by atoms with Gasteiger partial charge in [0, 0.05) is 34.5 Å². The van der Waals surface area contributed by atoms with Crippen molar-refractivity contribution < 1.29 is 5.11 Å². The predicted molar refractivity (Wildman–Crippen MR) is 85.5 cm³/mol. The highest BCUT2D eigenvalue weighted by atomic mass is 35.5. The Morgan fingerprint density at radius 3 is 2.90 bits per heavy atom. The van der Waals surface area contributed by atoms with E-state index in [1.807, 2.05) is 17.8 Å². The van der Waals surface area contributed by atoms with Crippen molar-refractivity contribution in [3.63, 3.8) is 0 Å². The van der Waals surface area contributed by atoms with Gasteiger partial charge in [-0.05, 0) is 48.8 Å². The van der Waals surface area contributed by atoms with Crippen LogP contribution in [0.5, 0.6) is 0 Å². The number of aliphatic hydroxyl groups is 1. The van der Waals surface area contributed by atoms with E-state index in [1.54, 1.807) is 0 Å². The molecule has 1 aliphatic heterocycles. The summed E-state index contributed by atoms with van der Waals surface area (Å²) in [7, 11) is 0. The molecule has 2 aliphatic rings. The molecule has 1 aromatic rings. The fourth-order valence-corrected chi connectivity index (χ4v) is 4.72. The number of nitrogens with one attached hydrogen (secondary N) is 1. The molecule has 1 aromatic carbocycles. The zero-order chi connectivity index (χ0) is 14.0. The molecule has 3 rings (SSSR count). The van der Waals surface area contributed by atoms with Gasteiger partial charge in [0.05, 0.1) is 0 Å². The Labute approximate surface area is 130 Å². The average Bonchev–Trinajstić information content (AvgIpc) is 2.94. The summed E-state index contributed by atoms with van der Waals surface area (Å²) in [6.07, 6.45) is 5.95. The molecule has 110 valence electrons. The van der Waals surface area contributed by atoms with Crippen LogP contribution in [0.2, 0.25) is 5.02 Å². The zero-order valence-electron chi connectivity index (χ0n) is 11.7. The minimum atomic E-state index is 0.114. The Balaban J connectivity index is 1.71. The molecule has 1 saturated carbocycles. The Hall–Kier alpha value is -0.220. The largest absolute Gasteiger partial charge is 0.396 e. The topological polar surface area (TPSA) is 32.3 Å². The van der Waals surface area contributed by atoms with Crippen LogP contribution in [0.1, 0.15) is 43.7 Å². The molecule has 0 bridgehead atoms. The van der Waals surface area contributed by atoms with Crippen LogP contribution in [0.15, 0.2) is 23.1 Å². The Kier molecular flexibility index (Phi) is 4.61. The number of fused-ring (bicyclic) bond motifs is 1. The van der Waals surface area contributed by atoms with Crippen LogP contribution in [0.3, 0.4) is 0 Å². The molecule has 2 N–H and O–H groups in total. The first-order valence-corrected chi connectivity index (χ1v) is 8.85. The van der Waals surface area contributed by atoms with E-state index >= 15 is 0 Å². The number of hydrogen-bond acceptors (Lipinski definition) is 3. The predicted octanol–water partition coefficient (Wildman–Crippen LogP) is 4.02. The van der Waals surface area contributed by atoms with Crippen molar-refractivity contribution in [2.45, 2.75) is 43.0 Å². The van der Waals surface area contributed by atoms with E-state index in [4.69, 9.17) is 11.6 Å². The molecule has 0 aromatic heterocycles. The van der Waals surface area contributed by atoms with Gasteiger partial charge in [-0.25, -0.2) is 0 Å². The molecule has 0 spiro atoms. The third kappa shape index (κ3) is 3.01. The molecule has 1 fully saturated rings. The molecule has 0 saturated heterocycles. The normalized spacial score (nSPS) is 24.6. The first-order chi connectivity index (χ1) is 9.72. The second-order valence-corrected chi connectivity index (χ2v) is 7.69. The Morgan fingerprint density at radius 1 is 1.35 bits per heavy atom. The van der Waals surface area contributed by atoms with Crippen molar-refractivity contribution in [3.8, 4) is 0 Å². The highest BCUT2D eigenvalue weighted by molar-refractivity contribution is 7.99. The van der Waals surface area contributed by atoms with Gasteiger partial charge in [-0.3, -0.25) is 0 Å². The number of hydrogen-bond donors (Lipinski definition) is 2. The van der Waals surface area contributed by atoms with Gasteiger partial charge in [0.25, 0.3) is 0 Å². The van der Waals surface area contributed by atoms with Gasteiger partial charge in [-0.15, -0.1) is 11.8 Å². The molecule has 2 nitrogen and oxygen atoms in total. The summed E-state index contributed by atoms with van der Waals surface area (Å²) in [5.41, 5.74) is 1.45. The summed E-state index contributed by atoms with van der Waals surface area (Å²) in [6.45, 7) is 1.23. The summed E-state index contributed by atoms with van der Waals surface area (Å²) in [5, 5.41) is 14.2. The van der Waals surface area contributed by atoms with E-state index < -0.39 is 0 Å². The smallest absolute Gasteiger partial charge is 0.0499 e. The number of rotatable bonds is 4. The van der Waals surface area contributed by atoms with Gasteiger partial charge >= 0.3 is 0 Å². The number of halogens is 1. The second-order valence-electron chi connectivity index (χ2n) is 6.12. The number of aliphatic hydroxyl groups excluding tert-OH is 1. The molecule has 1 unspecified atom stereocenters. The van der Waals surface area contributed by atoms with E-state index in [9.17, 15) is 5.11 Å². The summed E-state index contributed by atoms with van der Waals surface area (Å²) in [4.78, 5) is 1.35. The highest BCUT2D eigenvalue weighted by Gasteiger charge is 2.34. The fourth-order valence-electron chi connectivity index (χ4n) is 3.43. The van der Waals surface area contributed by atoms with E-state index in [0.29, 0.717) is 12.6 Å². The lowest BCUT2D eigenvalue weighted by Gasteiger charge is -2.32. The molecule has 20 heavy (non-hydrogen) atoms. The summed E-state index contributed by atoms with van der Waals surface area (Å²) in [5.74, 6) is 1.15. The minimum Gasteiger partial charge on any atom is -0.396 e. The van der Waals surface area contributed by atoms with Crippen LogP contribution in [0.4, 0.5) is 0 Å². The first kappa shape index (κ1) is 14.7. The van der Waals surface area contributed by atoms with Crippen LogP contribution in [-0.2, 0) is 0 Å². The lowest BCUT2D eigenvalue weighted by atomic mass is 9.86. The Bertz CT molecular complexity index is 474. The maximum atomic E-state index is 9.72. The van der Waals surface area contributed by atoms with Crippen LogP contribution in [-0.4, -0.2) is 24.0 Å². The van der Waals surface area contributed by atoms with Gasteiger partial charge < -0.3 is 10.4 Å². The Morgan fingerprint density at radius 2 is 2.15 bits per heavy atom. The maximum Gasteiger partial charge on any atom is 0.0499 e. The molecule has 1 heterocycles. The minimum absolute atomic E-state index is 0.114. The van der Waals surface area contributed by atoms with Gasteiger partial charge in [0.1, 0.15) is 0 Å². The molecule has 1 atom stereocenters. The lowest BCUT2D eigenvalue weighted by molar-refractivity contribution is 0.124. The standard InChI is InChI=1S/C16H22ClNOS/c17-12-3-4-15-13(9-12)14(5-8-20-15)18-10-16(11-19)6-1-2-7-16/h3-4,9,14,18-19H,1-2,5-8,10-11H2. The highest BCUT2D eigenvalue weighted by Crippen LogP contribution is 2.40. The van der Waals surface area contributed by atoms with E-state index in [2.05, 4.69) is 17.4 Å². The van der Waals surface area contributed by atoms with Crippen molar-refractivity contribution in [1.29, 1.82) is 0 Å². The lowest BCUT2D eigenvalue weighted by Crippen LogP contribution is -2.38. The SMILES string of the molecule is OCC1(CNC2CCSc3ccc(Cl)cc32)CCCC1. The van der Waals surface area contributed by atoms with Crippen molar-refractivity contribution in [2.24, 2.45) is 5.41 Å². The molecule has 0 radical (unpaired) electrons. The zero-order valence-corrected chi connectivity index (χ0v) is 13.3. The molecule has 0 amide bonds. The van der Waals surface area contributed by atoms with Crippen molar-refractivity contribution in [2.75, 3.05) is 18.9 Å². The second kappa shape index (κ2) is 6.27. The van der Waals surface area contributed by atoms with E-state index in [0.717, 1.165) is 36.6 Å². The summed E-state index contributed by atoms with van der Waals surface area (Å²) in [6, 6.07) is 6.59. The molecule has 4 heteroatoms. The van der Waals surface area contributed by atoms with Crippen molar-refractivity contribution in [1.82, 2.24) is 5.32 Å². The van der Waals surface area contributed by atoms with E-state index in [-0.39, 0.29) is 5.41 Å². The fraction of sp³-hybridized carbons (Fsp3) is 0.625. The van der Waals surface area contributed by atoms with Crippen LogP contribution in [0.25, 0.3) is 0 Å². The van der Waals surface area contributed by atoms with E-state index in [1.165, 1.54) is 23.3 Å². The third-order valence-electron chi connectivity index (χ3n) is 4.73. The van der Waals surface area contributed by atoms with Gasteiger partial charge in [-0.2, -0.15) is 0 Å². The first-order valence-electron chi connectivity index (χ1n) is 7.49. The summed E-state index contributed by atoms with van der Waals surface area (Å²) < 4.78 is 0. The quantitative estimate of drug-likeness (QED) is 0.881. The average molecular weight is 312 g/mol. The van der Waals surface area contributed by atoms with Crippen LogP contribution < -0.4 is 5.32 Å². The molecular weight excluding hydrogens is 290 g/mol. The van der Waals surface area contributed by atoms with Crippen molar-refractivity contribution >= 4 is 23.4 Å². The van der Waals surface area contributed by atoms with Crippen LogP contribution >= 0.6 is 23.4 Å². The van der Waals surface area contributed by atoms with Crippen molar-refractivity contribution in [3.05, 3.63) is 28.8 Å². The molecular formula is C16H22ClNOS. The number of benzene rings is 1. The molecule has 1 aliphatic carbocycles. The third-order valence-corrected chi connectivity index (χ3v) is 6.09.